The Kier molecular flexibility index (Phi) is 10.3. The maximum Gasteiger partial charge on any atom is 0.411 e. The summed E-state index contributed by atoms with van der Waals surface area (Å²) in [6, 6.07) is 16.0. The van der Waals surface area contributed by atoms with Crippen LogP contribution >= 0.6 is 23.5 Å². The predicted molar refractivity (Wildman–Crippen MR) is 182 cm³/mol. The number of ether oxygens (including phenoxy) is 1. The summed E-state index contributed by atoms with van der Waals surface area (Å²) in [5.74, 6) is -0.0745. The Morgan fingerprint density at radius 2 is 1.57 bits per heavy atom. The van der Waals surface area contributed by atoms with E-state index >= 15 is 0 Å². The van der Waals surface area contributed by atoms with Gasteiger partial charge in [0.05, 0.1) is 16.6 Å². The Labute approximate surface area is 277 Å². The van der Waals surface area contributed by atoms with E-state index in [9.17, 15) is 29.4 Å². The molecule has 3 aromatic rings. The van der Waals surface area contributed by atoms with Gasteiger partial charge in [-0.25, -0.2) is 4.79 Å². The number of thioether (sulfide) groups is 1. The zero-order chi connectivity index (χ0) is 34.0. The highest BCUT2D eigenvalue weighted by Gasteiger charge is 2.31. The number of amides is 4. The highest BCUT2D eigenvalue weighted by atomic mass is 32.2. The average molecular weight is 666 g/mol. The van der Waals surface area contributed by atoms with Gasteiger partial charge in [0.25, 0.3) is 11.1 Å². The van der Waals surface area contributed by atoms with Gasteiger partial charge in [0.2, 0.25) is 5.91 Å². The van der Waals surface area contributed by atoms with Crippen molar-refractivity contribution >= 4 is 58.0 Å². The molecule has 46 heavy (non-hydrogen) atoms. The van der Waals surface area contributed by atoms with Crippen LogP contribution in [-0.4, -0.2) is 52.3 Å². The van der Waals surface area contributed by atoms with Crippen LogP contribution in [-0.2, 0) is 26.8 Å². The van der Waals surface area contributed by atoms with Crippen molar-refractivity contribution in [3.63, 3.8) is 0 Å². The van der Waals surface area contributed by atoms with Gasteiger partial charge in [-0.1, -0.05) is 77.2 Å². The summed E-state index contributed by atoms with van der Waals surface area (Å²) in [4.78, 5) is 50.7. The number of carboxylic acid groups (broad SMARTS) is 1. The zero-order valence-corrected chi connectivity index (χ0v) is 28.5. The number of nitrogens with zero attached hydrogens (tertiary/aromatic N) is 1. The van der Waals surface area contributed by atoms with Gasteiger partial charge in [-0.05, 0) is 65.3 Å². The molecule has 0 saturated carbocycles. The summed E-state index contributed by atoms with van der Waals surface area (Å²) in [5.41, 5.74) is 2.46. The number of hydrogen-bond acceptors (Lipinski definition) is 8. The van der Waals surface area contributed by atoms with Crippen LogP contribution < -0.4 is 20.3 Å². The Morgan fingerprint density at radius 3 is 2.09 bits per heavy atom. The number of imide groups is 1. The number of nitrogens with one attached hydrogen (secondary N) is 2. The van der Waals surface area contributed by atoms with Crippen LogP contribution in [0.15, 0.2) is 64.4 Å². The Morgan fingerprint density at radius 1 is 0.957 bits per heavy atom. The molecule has 12 heteroatoms. The van der Waals surface area contributed by atoms with Gasteiger partial charge >= 0.3 is 6.09 Å². The molecule has 1 aliphatic heterocycles. The van der Waals surface area contributed by atoms with E-state index in [-0.39, 0.29) is 40.0 Å². The van der Waals surface area contributed by atoms with Crippen molar-refractivity contribution in [3.8, 4) is 11.5 Å². The molecule has 0 bridgehead atoms. The van der Waals surface area contributed by atoms with Gasteiger partial charge in [-0.15, -0.1) is 0 Å². The lowest BCUT2D eigenvalue weighted by Gasteiger charge is -2.28. The first-order chi connectivity index (χ1) is 21.4. The van der Waals surface area contributed by atoms with E-state index in [1.54, 1.807) is 42.5 Å². The largest absolute Gasteiger partial charge is 0.507 e. The molecule has 1 heterocycles. The Bertz CT molecular complexity index is 1630. The minimum atomic E-state index is -1.19. The van der Waals surface area contributed by atoms with Gasteiger partial charge in [-0.2, -0.15) is 0 Å². The fraction of sp³-hybridized carbons (Fsp3) is 0.353. The van der Waals surface area contributed by atoms with Crippen LogP contribution in [0.5, 0.6) is 11.5 Å². The first-order valence-electron chi connectivity index (χ1n) is 14.6. The van der Waals surface area contributed by atoms with Gasteiger partial charge in [0.15, 0.2) is 6.61 Å². The van der Waals surface area contributed by atoms with Crippen molar-refractivity contribution < 1.29 is 34.1 Å². The molecule has 4 rings (SSSR count). The minimum absolute atomic E-state index is 0.279. The van der Waals surface area contributed by atoms with Crippen LogP contribution in [0.2, 0.25) is 0 Å². The van der Waals surface area contributed by atoms with Gasteiger partial charge in [-0.3, -0.25) is 24.6 Å². The standard InChI is InChI=1S/C34H39N3O7S2/c1-33(2,3)23-15-22(16-24(29(23)39)34(4,5)6)45-21-12-13-25(26(17-21)37(7)32(42)43)35-28(38)18-44-20-10-8-19(9-11-20)14-27-30(40)36-31(41)46-27/h8-13,15-17,27,39H,14,18H2,1-7H3,(H,35,38)(H,42,43)(H,36,40,41). The summed E-state index contributed by atoms with van der Waals surface area (Å²) in [6.45, 7) is 11.9. The molecule has 1 saturated heterocycles. The lowest BCUT2D eigenvalue weighted by molar-refractivity contribution is -0.119. The monoisotopic (exact) mass is 665 g/mol. The summed E-state index contributed by atoms with van der Waals surface area (Å²) >= 11 is 2.40. The van der Waals surface area contributed by atoms with Crippen LogP contribution in [0.1, 0.15) is 58.2 Å². The van der Waals surface area contributed by atoms with Crippen molar-refractivity contribution in [2.75, 3.05) is 23.9 Å². The van der Waals surface area contributed by atoms with E-state index < -0.39 is 17.3 Å². The lowest BCUT2D eigenvalue weighted by Crippen LogP contribution is -2.27. The normalized spacial score (nSPS) is 15.0. The minimum Gasteiger partial charge on any atom is -0.507 e. The van der Waals surface area contributed by atoms with E-state index in [1.807, 2.05) is 53.7 Å². The number of hydrogen-bond donors (Lipinski definition) is 4. The second kappa shape index (κ2) is 13.7. The van der Waals surface area contributed by atoms with Gasteiger partial charge < -0.3 is 20.3 Å². The third kappa shape index (κ3) is 8.55. The molecule has 1 aliphatic rings. The fourth-order valence-corrected chi connectivity index (χ4v) is 6.60. The third-order valence-electron chi connectivity index (χ3n) is 7.31. The molecule has 1 fully saturated rings. The topological polar surface area (TPSA) is 145 Å². The quantitative estimate of drug-likeness (QED) is 0.187. The first-order valence-corrected chi connectivity index (χ1v) is 16.3. The molecule has 4 N–H and O–H groups in total. The maximum atomic E-state index is 12.9. The SMILES string of the molecule is CN(C(=O)O)c1cc(Sc2cc(C(C)(C)C)c(O)c(C(C)(C)C)c2)ccc1NC(=O)COc1ccc(CC2SC(=O)NC2=O)cc1. The fourth-order valence-electron chi connectivity index (χ4n) is 4.81. The number of phenolic OH excluding ortho intramolecular Hbond substituents is 1. The summed E-state index contributed by atoms with van der Waals surface area (Å²) in [7, 11) is 1.40. The predicted octanol–water partition coefficient (Wildman–Crippen LogP) is 7.16. The van der Waals surface area contributed by atoms with Crippen molar-refractivity contribution in [3.05, 3.63) is 71.3 Å². The van der Waals surface area contributed by atoms with Crippen LogP contribution in [0.25, 0.3) is 0 Å². The van der Waals surface area contributed by atoms with Crippen molar-refractivity contribution in [2.45, 2.75) is 73.8 Å². The lowest BCUT2D eigenvalue weighted by atomic mass is 9.79. The molecule has 0 radical (unpaired) electrons. The van der Waals surface area contributed by atoms with Crippen LogP contribution in [0, 0.1) is 0 Å². The molecule has 0 aliphatic carbocycles. The molecule has 244 valence electrons. The Hall–Kier alpha value is -4.16. The molecular weight excluding hydrogens is 627 g/mol. The van der Waals surface area contributed by atoms with Crippen molar-refractivity contribution in [1.82, 2.24) is 5.32 Å². The molecule has 0 spiro atoms. The molecule has 10 nitrogen and oxygen atoms in total. The summed E-state index contributed by atoms with van der Waals surface area (Å²) in [6.07, 6.45) is -0.805. The number of carbonyl (C=O) groups excluding carboxylic acids is 3. The highest BCUT2D eigenvalue weighted by molar-refractivity contribution is 8.15. The number of anilines is 2. The van der Waals surface area contributed by atoms with E-state index in [0.29, 0.717) is 17.9 Å². The zero-order valence-electron chi connectivity index (χ0n) is 26.9. The third-order valence-corrected chi connectivity index (χ3v) is 9.25. The van der Waals surface area contributed by atoms with E-state index in [1.165, 1.54) is 18.8 Å². The van der Waals surface area contributed by atoms with E-state index in [4.69, 9.17) is 4.74 Å². The summed E-state index contributed by atoms with van der Waals surface area (Å²) in [5, 5.41) is 25.0. The maximum absolute atomic E-state index is 12.9. The van der Waals surface area contributed by atoms with E-state index in [2.05, 4.69) is 10.6 Å². The summed E-state index contributed by atoms with van der Waals surface area (Å²) < 4.78 is 5.64. The molecular formula is C34H39N3O7S2. The Balaban J connectivity index is 1.48. The first kappa shape index (κ1) is 34.7. The van der Waals surface area contributed by atoms with Crippen LogP contribution in [0.4, 0.5) is 21.0 Å². The number of benzene rings is 3. The number of carbonyl (C=O) groups is 4. The molecule has 4 amide bonds. The smallest absolute Gasteiger partial charge is 0.411 e. The second-order valence-electron chi connectivity index (χ2n) is 13.1. The van der Waals surface area contributed by atoms with Gasteiger partial charge in [0.1, 0.15) is 11.5 Å². The molecule has 1 atom stereocenters. The molecule has 3 aromatic carbocycles. The second-order valence-corrected chi connectivity index (χ2v) is 15.4. The van der Waals surface area contributed by atoms with Gasteiger partial charge in [0, 0.05) is 28.0 Å². The van der Waals surface area contributed by atoms with Crippen LogP contribution in [0.3, 0.4) is 0 Å². The number of aromatic hydroxyl groups is 1. The van der Waals surface area contributed by atoms with Crippen molar-refractivity contribution in [2.24, 2.45) is 0 Å². The number of phenols is 1. The molecule has 1 unspecified atom stereocenters. The van der Waals surface area contributed by atoms with Crippen molar-refractivity contribution in [1.29, 1.82) is 0 Å². The highest BCUT2D eigenvalue weighted by Crippen LogP contribution is 2.44. The van der Waals surface area contributed by atoms with E-state index in [0.717, 1.165) is 43.1 Å². The number of rotatable bonds is 9. The average Bonchev–Trinajstić information content (AvgIpc) is 3.28. The molecule has 0 aromatic heterocycles.